The summed E-state index contributed by atoms with van der Waals surface area (Å²) in [7, 11) is -9.90. The summed E-state index contributed by atoms with van der Waals surface area (Å²) >= 11 is 0. The summed E-state index contributed by atoms with van der Waals surface area (Å²) in [6.07, 6.45) is 45.7. The number of aliphatic hydroxyl groups is 1. The number of phosphoric acid groups is 2. The summed E-state index contributed by atoms with van der Waals surface area (Å²) in [6, 6.07) is 0. The maximum absolute atomic E-state index is 13.0. The van der Waals surface area contributed by atoms with Gasteiger partial charge in [0.25, 0.3) is 0 Å². The molecule has 0 aliphatic heterocycles. The molecule has 0 aromatic rings. The van der Waals surface area contributed by atoms with E-state index in [-0.39, 0.29) is 25.7 Å². The average Bonchev–Trinajstić information content (AvgIpc) is 3.69. The fourth-order valence-corrected chi connectivity index (χ4v) is 12.0. The molecule has 0 amide bonds. The normalized spacial score (nSPS) is 14.5. The zero-order valence-corrected chi connectivity index (χ0v) is 58.8. The minimum absolute atomic E-state index is 0.106. The van der Waals surface area contributed by atoms with Crippen LogP contribution in [0.15, 0.2) is 0 Å². The number of carbonyl (C=O) groups excluding carboxylic acids is 4. The molecule has 3 N–H and O–H groups in total. The third-order valence-corrected chi connectivity index (χ3v) is 18.2. The Labute approximate surface area is 537 Å². The average molecular weight is 1300 g/mol. The van der Waals surface area contributed by atoms with E-state index in [9.17, 15) is 43.2 Å². The molecule has 17 nitrogen and oxygen atoms in total. The van der Waals surface area contributed by atoms with E-state index in [1.54, 1.807) is 0 Å². The van der Waals surface area contributed by atoms with Gasteiger partial charge in [0.2, 0.25) is 0 Å². The summed E-state index contributed by atoms with van der Waals surface area (Å²) in [4.78, 5) is 72.5. The van der Waals surface area contributed by atoms with Crippen LogP contribution in [0.25, 0.3) is 0 Å². The summed E-state index contributed by atoms with van der Waals surface area (Å²) in [5.41, 5.74) is 0. The van der Waals surface area contributed by atoms with Crippen LogP contribution in [0.4, 0.5) is 0 Å². The molecule has 0 aromatic carbocycles. The quantitative estimate of drug-likeness (QED) is 0.0222. The van der Waals surface area contributed by atoms with Crippen molar-refractivity contribution in [3.05, 3.63) is 0 Å². The van der Waals surface area contributed by atoms with Gasteiger partial charge in [0.15, 0.2) is 12.2 Å². The first kappa shape index (κ1) is 86.1. The van der Waals surface area contributed by atoms with E-state index < -0.39 is 97.5 Å². The number of esters is 4. The highest BCUT2D eigenvalue weighted by molar-refractivity contribution is 7.47. The second-order valence-corrected chi connectivity index (χ2v) is 28.5. The molecule has 88 heavy (non-hydrogen) atoms. The van der Waals surface area contributed by atoms with Crippen LogP contribution < -0.4 is 0 Å². The Bertz CT molecular complexity index is 1720. The summed E-state index contributed by atoms with van der Waals surface area (Å²) in [6.45, 7) is 9.48. The van der Waals surface area contributed by atoms with Gasteiger partial charge in [0.05, 0.1) is 26.4 Å². The number of unbranched alkanes of at least 4 members (excludes halogenated alkanes) is 37. The highest BCUT2D eigenvalue weighted by atomic mass is 31.2. The number of hydrogen-bond donors (Lipinski definition) is 3. The molecule has 0 aliphatic rings. The van der Waals surface area contributed by atoms with E-state index >= 15 is 0 Å². The minimum Gasteiger partial charge on any atom is -0.462 e. The Morgan fingerprint density at radius 3 is 0.864 bits per heavy atom. The first-order chi connectivity index (χ1) is 42.4. The van der Waals surface area contributed by atoms with Crippen molar-refractivity contribution in [3.8, 4) is 0 Å². The Kier molecular flexibility index (Phi) is 59.9. The molecule has 0 aliphatic carbocycles. The third kappa shape index (κ3) is 61.6. The number of aliphatic hydroxyl groups excluding tert-OH is 1. The van der Waals surface area contributed by atoms with Crippen LogP contribution in [0.5, 0.6) is 0 Å². The fourth-order valence-electron chi connectivity index (χ4n) is 10.4. The lowest BCUT2D eigenvalue weighted by Gasteiger charge is -2.21. The van der Waals surface area contributed by atoms with E-state index in [1.165, 1.54) is 161 Å². The molecule has 0 rings (SSSR count). The van der Waals surface area contributed by atoms with Gasteiger partial charge in [-0.15, -0.1) is 0 Å². The minimum atomic E-state index is -4.95. The lowest BCUT2D eigenvalue weighted by molar-refractivity contribution is -0.161. The van der Waals surface area contributed by atoms with Gasteiger partial charge in [0, 0.05) is 25.7 Å². The zero-order valence-electron chi connectivity index (χ0n) is 57.0. The molecule has 0 aromatic heterocycles. The van der Waals surface area contributed by atoms with Gasteiger partial charge in [-0.05, 0) is 37.5 Å². The lowest BCUT2D eigenvalue weighted by atomic mass is 10.00. The van der Waals surface area contributed by atoms with Crippen molar-refractivity contribution >= 4 is 39.5 Å². The van der Waals surface area contributed by atoms with E-state index in [1.807, 2.05) is 0 Å². The van der Waals surface area contributed by atoms with Gasteiger partial charge in [-0.2, -0.15) is 0 Å². The van der Waals surface area contributed by atoms with Crippen molar-refractivity contribution in [3.63, 3.8) is 0 Å². The topological polar surface area (TPSA) is 237 Å². The Hall–Kier alpha value is -1.94. The first-order valence-electron chi connectivity index (χ1n) is 36.0. The first-order valence-corrected chi connectivity index (χ1v) is 39.0. The maximum atomic E-state index is 13.0. The Balaban J connectivity index is 5.25. The summed E-state index contributed by atoms with van der Waals surface area (Å²) < 4.78 is 68.2. The molecule has 0 heterocycles. The highest BCUT2D eigenvalue weighted by Crippen LogP contribution is 2.45. The van der Waals surface area contributed by atoms with Gasteiger partial charge >= 0.3 is 39.5 Å². The maximum Gasteiger partial charge on any atom is 0.472 e. The Morgan fingerprint density at radius 1 is 0.330 bits per heavy atom. The number of ether oxygens (including phenoxy) is 4. The van der Waals surface area contributed by atoms with Crippen molar-refractivity contribution in [2.45, 2.75) is 368 Å². The van der Waals surface area contributed by atoms with E-state index in [2.05, 4.69) is 41.5 Å². The smallest absolute Gasteiger partial charge is 0.462 e. The second-order valence-electron chi connectivity index (χ2n) is 25.6. The molecule has 0 radical (unpaired) electrons. The van der Waals surface area contributed by atoms with E-state index in [0.717, 1.165) is 108 Å². The molecule has 0 fully saturated rings. The summed E-state index contributed by atoms with van der Waals surface area (Å²) in [5, 5.41) is 10.6. The molecular formula is C69H134O17P2. The van der Waals surface area contributed by atoms with Gasteiger partial charge < -0.3 is 33.8 Å². The monoisotopic (exact) mass is 1300 g/mol. The summed E-state index contributed by atoms with van der Waals surface area (Å²) in [5.74, 6) is -0.650. The van der Waals surface area contributed by atoms with Crippen molar-refractivity contribution < 1.29 is 80.2 Å². The van der Waals surface area contributed by atoms with Gasteiger partial charge in [-0.25, -0.2) is 9.13 Å². The van der Waals surface area contributed by atoms with Crippen LogP contribution in [-0.4, -0.2) is 96.7 Å². The zero-order chi connectivity index (χ0) is 65.0. The SMILES string of the molecule is CCCCCCCCCCCCCCCCCC(=O)O[C@H](COC(=O)CCCCCCCCCCCC(C)C)COP(=O)(O)OC[C@@H](O)COP(=O)(O)OC[C@@H](COC(=O)CCCCCCCCC(C)CC)OC(=O)CCCCCCCCCCCCC. The number of carbonyl (C=O) groups is 4. The van der Waals surface area contributed by atoms with Gasteiger partial charge in [0.1, 0.15) is 19.3 Å². The molecule has 0 saturated heterocycles. The van der Waals surface area contributed by atoms with Crippen LogP contribution in [0.1, 0.15) is 350 Å². The largest absolute Gasteiger partial charge is 0.472 e. The van der Waals surface area contributed by atoms with Gasteiger partial charge in [-0.3, -0.25) is 37.3 Å². The van der Waals surface area contributed by atoms with Crippen molar-refractivity contribution in [1.29, 1.82) is 0 Å². The molecule has 19 heteroatoms. The van der Waals surface area contributed by atoms with Crippen LogP contribution in [0.2, 0.25) is 0 Å². The third-order valence-electron chi connectivity index (χ3n) is 16.3. The van der Waals surface area contributed by atoms with Crippen LogP contribution >= 0.6 is 15.6 Å². The number of rotatable bonds is 68. The fraction of sp³-hybridized carbons (Fsp3) is 0.942. The molecule has 0 saturated carbocycles. The molecular weight excluding hydrogens is 1160 g/mol. The molecule has 6 atom stereocenters. The standard InChI is InChI=1S/C69H134O17P2/c1-7-10-12-14-16-18-20-21-22-23-25-29-34-42-48-54-69(74)85-64(57-79-66(71)51-45-39-32-30-26-27-31-37-43-49-61(4)5)59-83-87(75,76)81-55-63(70)56-82-88(77,78)84-60-65(58-80-67(72)52-46-40-36-35-38-44-50-62(6)9-3)86-68(73)53-47-41-33-28-24-19-17-15-13-11-8-2/h61-65,70H,7-60H2,1-6H3,(H,75,76)(H,77,78)/t62?,63-,64-,65-/m1/s1. The second kappa shape index (κ2) is 61.3. The van der Waals surface area contributed by atoms with Gasteiger partial charge in [-0.1, -0.05) is 298 Å². The Morgan fingerprint density at radius 2 is 0.580 bits per heavy atom. The number of hydrogen-bond acceptors (Lipinski definition) is 15. The van der Waals surface area contributed by atoms with Crippen molar-refractivity contribution in [2.75, 3.05) is 39.6 Å². The van der Waals surface area contributed by atoms with E-state index in [0.29, 0.717) is 25.7 Å². The van der Waals surface area contributed by atoms with Crippen molar-refractivity contribution in [2.24, 2.45) is 11.8 Å². The number of phosphoric ester groups is 2. The molecule has 522 valence electrons. The molecule has 3 unspecified atom stereocenters. The van der Waals surface area contributed by atoms with Crippen LogP contribution in [-0.2, 0) is 65.4 Å². The predicted octanol–water partition coefficient (Wildman–Crippen LogP) is 19.6. The van der Waals surface area contributed by atoms with E-state index in [4.69, 9.17) is 37.0 Å². The highest BCUT2D eigenvalue weighted by Gasteiger charge is 2.30. The van der Waals surface area contributed by atoms with Crippen molar-refractivity contribution in [1.82, 2.24) is 0 Å². The van der Waals surface area contributed by atoms with Crippen LogP contribution in [0, 0.1) is 11.8 Å². The predicted molar refractivity (Wildman–Crippen MR) is 354 cm³/mol. The molecule has 0 spiro atoms. The molecule has 0 bridgehead atoms. The lowest BCUT2D eigenvalue weighted by Crippen LogP contribution is -2.30. The van der Waals surface area contributed by atoms with Crippen LogP contribution in [0.3, 0.4) is 0 Å².